The number of rotatable bonds is 7. The molecule has 0 radical (unpaired) electrons. The van der Waals surface area contributed by atoms with Crippen molar-refractivity contribution in [1.29, 1.82) is 0 Å². The second kappa shape index (κ2) is 8.95. The van der Waals surface area contributed by atoms with Gasteiger partial charge in [-0.25, -0.2) is 0 Å². The molecule has 0 fully saturated rings. The number of benzene rings is 2. The highest BCUT2D eigenvalue weighted by Crippen LogP contribution is 2.37. The maximum atomic E-state index is 13.0. The van der Waals surface area contributed by atoms with Gasteiger partial charge in [-0.3, -0.25) is 4.79 Å². The summed E-state index contributed by atoms with van der Waals surface area (Å²) in [6.45, 7) is 8.94. The third kappa shape index (κ3) is 4.31. The van der Waals surface area contributed by atoms with Crippen LogP contribution in [-0.2, 0) is 0 Å². The maximum Gasteiger partial charge on any atom is 0.258 e. The summed E-state index contributed by atoms with van der Waals surface area (Å²) < 4.78 is 11.4. The molecule has 0 heterocycles. The maximum absolute atomic E-state index is 13.0. The third-order valence-corrected chi connectivity index (χ3v) is 4.53. The average molecular weight is 376 g/mol. The zero-order chi connectivity index (χ0) is 19.3. The minimum Gasteiger partial charge on any atom is -0.490 e. The lowest BCUT2D eigenvalue weighted by molar-refractivity contribution is 0.0992. The summed E-state index contributed by atoms with van der Waals surface area (Å²) in [7, 11) is 1.76. The standard InChI is InChI=1S/C21H26ClNO3/c1-6-11-26-20-17(22)12-16(13-19(20)25-7-2)21(24)23(5)18-10-8-9-14(3)15(18)4/h8-10,12-13H,6-7,11H2,1-5H3. The number of carbonyl (C=O) groups excluding carboxylic acids is 1. The van der Waals surface area contributed by atoms with Crippen LogP contribution in [0.15, 0.2) is 30.3 Å². The summed E-state index contributed by atoms with van der Waals surface area (Å²) in [5.74, 6) is 0.830. The quantitative estimate of drug-likeness (QED) is 0.648. The van der Waals surface area contributed by atoms with E-state index in [1.165, 1.54) is 0 Å². The van der Waals surface area contributed by atoms with Crippen LogP contribution in [-0.4, -0.2) is 26.2 Å². The lowest BCUT2D eigenvalue weighted by Gasteiger charge is -2.22. The first-order valence-electron chi connectivity index (χ1n) is 8.84. The van der Waals surface area contributed by atoms with Crippen LogP contribution in [0.5, 0.6) is 11.5 Å². The molecular formula is C21H26ClNO3. The molecule has 0 spiro atoms. The molecule has 0 aromatic heterocycles. The zero-order valence-corrected chi connectivity index (χ0v) is 16.8. The Bertz CT molecular complexity index is 789. The molecule has 0 N–H and O–H groups in total. The fourth-order valence-corrected chi connectivity index (χ4v) is 2.97. The highest BCUT2D eigenvalue weighted by atomic mass is 35.5. The van der Waals surface area contributed by atoms with E-state index in [4.69, 9.17) is 21.1 Å². The second-order valence-electron chi connectivity index (χ2n) is 6.15. The first-order chi connectivity index (χ1) is 12.4. The molecule has 1 amide bonds. The number of halogens is 1. The van der Waals surface area contributed by atoms with Gasteiger partial charge >= 0.3 is 0 Å². The van der Waals surface area contributed by atoms with Gasteiger partial charge in [-0.15, -0.1) is 0 Å². The van der Waals surface area contributed by atoms with Crippen LogP contribution in [0.3, 0.4) is 0 Å². The molecule has 0 atom stereocenters. The van der Waals surface area contributed by atoms with Crippen molar-refractivity contribution in [3.8, 4) is 11.5 Å². The Hall–Kier alpha value is -2.20. The Balaban J connectivity index is 2.40. The highest BCUT2D eigenvalue weighted by molar-refractivity contribution is 6.32. The number of carbonyl (C=O) groups is 1. The van der Waals surface area contributed by atoms with Gasteiger partial charge in [-0.05, 0) is 56.5 Å². The highest BCUT2D eigenvalue weighted by Gasteiger charge is 2.20. The van der Waals surface area contributed by atoms with Crippen molar-refractivity contribution in [2.45, 2.75) is 34.1 Å². The van der Waals surface area contributed by atoms with Gasteiger partial charge in [0.15, 0.2) is 11.5 Å². The van der Waals surface area contributed by atoms with Crippen LogP contribution in [0.25, 0.3) is 0 Å². The number of aryl methyl sites for hydroxylation is 1. The van der Waals surface area contributed by atoms with E-state index in [2.05, 4.69) is 0 Å². The van der Waals surface area contributed by atoms with Crippen LogP contribution in [0.2, 0.25) is 5.02 Å². The van der Waals surface area contributed by atoms with Crippen molar-refractivity contribution in [2.24, 2.45) is 0 Å². The van der Waals surface area contributed by atoms with Gasteiger partial charge in [0.05, 0.1) is 18.2 Å². The molecular weight excluding hydrogens is 350 g/mol. The number of nitrogens with zero attached hydrogens (tertiary/aromatic N) is 1. The Labute approximate surface area is 160 Å². The van der Waals surface area contributed by atoms with E-state index in [0.29, 0.717) is 35.3 Å². The van der Waals surface area contributed by atoms with E-state index < -0.39 is 0 Å². The van der Waals surface area contributed by atoms with Crippen LogP contribution in [0.4, 0.5) is 5.69 Å². The molecule has 0 aliphatic carbocycles. The van der Waals surface area contributed by atoms with Gasteiger partial charge in [-0.2, -0.15) is 0 Å². The number of anilines is 1. The Kier molecular flexibility index (Phi) is 6.92. The summed E-state index contributed by atoms with van der Waals surface area (Å²) in [6, 6.07) is 9.25. The lowest BCUT2D eigenvalue weighted by atomic mass is 10.1. The molecule has 0 bridgehead atoms. The normalized spacial score (nSPS) is 10.5. The SMILES string of the molecule is CCCOc1c(Cl)cc(C(=O)N(C)c2cccc(C)c2C)cc1OCC. The first-order valence-corrected chi connectivity index (χ1v) is 9.21. The molecule has 0 aliphatic rings. The molecule has 0 unspecified atom stereocenters. The van der Waals surface area contributed by atoms with E-state index in [1.54, 1.807) is 24.1 Å². The van der Waals surface area contributed by atoms with Crippen LogP contribution in [0, 0.1) is 13.8 Å². The van der Waals surface area contributed by atoms with Crippen LogP contribution < -0.4 is 14.4 Å². The van der Waals surface area contributed by atoms with E-state index in [9.17, 15) is 4.79 Å². The van der Waals surface area contributed by atoms with Crippen LogP contribution in [0.1, 0.15) is 41.8 Å². The molecule has 140 valence electrons. The van der Waals surface area contributed by atoms with Crippen LogP contribution >= 0.6 is 11.6 Å². The fourth-order valence-electron chi connectivity index (χ4n) is 2.70. The Morgan fingerprint density at radius 2 is 1.88 bits per heavy atom. The number of ether oxygens (including phenoxy) is 2. The van der Waals surface area contributed by atoms with Crippen molar-refractivity contribution in [1.82, 2.24) is 0 Å². The van der Waals surface area contributed by atoms with Gasteiger partial charge in [-0.1, -0.05) is 30.7 Å². The van der Waals surface area contributed by atoms with Crippen molar-refractivity contribution >= 4 is 23.2 Å². The zero-order valence-electron chi connectivity index (χ0n) is 16.1. The Morgan fingerprint density at radius 1 is 1.15 bits per heavy atom. The Morgan fingerprint density at radius 3 is 2.54 bits per heavy atom. The summed E-state index contributed by atoms with van der Waals surface area (Å²) in [6.07, 6.45) is 0.859. The molecule has 0 aliphatic heterocycles. The number of hydrogen-bond acceptors (Lipinski definition) is 3. The lowest BCUT2D eigenvalue weighted by Crippen LogP contribution is -2.27. The van der Waals surface area contributed by atoms with E-state index in [-0.39, 0.29) is 5.91 Å². The summed E-state index contributed by atoms with van der Waals surface area (Å²) in [5.41, 5.74) is 3.54. The van der Waals surface area contributed by atoms with Crippen molar-refractivity contribution < 1.29 is 14.3 Å². The predicted molar refractivity (Wildman–Crippen MR) is 107 cm³/mol. The first kappa shape index (κ1) is 20.1. The number of amides is 1. The van der Waals surface area contributed by atoms with Crippen molar-refractivity contribution in [3.63, 3.8) is 0 Å². The molecule has 4 nitrogen and oxygen atoms in total. The third-order valence-electron chi connectivity index (χ3n) is 4.25. The summed E-state index contributed by atoms with van der Waals surface area (Å²) in [4.78, 5) is 14.6. The molecule has 5 heteroatoms. The summed E-state index contributed by atoms with van der Waals surface area (Å²) in [5, 5.41) is 0.377. The van der Waals surface area contributed by atoms with Gasteiger partial charge < -0.3 is 14.4 Å². The van der Waals surface area contributed by atoms with E-state index >= 15 is 0 Å². The number of hydrogen-bond donors (Lipinski definition) is 0. The van der Waals surface area contributed by atoms with Gasteiger partial charge in [0.25, 0.3) is 5.91 Å². The second-order valence-corrected chi connectivity index (χ2v) is 6.56. The molecule has 26 heavy (non-hydrogen) atoms. The molecule has 2 aromatic carbocycles. The molecule has 0 saturated carbocycles. The fraction of sp³-hybridized carbons (Fsp3) is 0.381. The summed E-state index contributed by atoms with van der Waals surface area (Å²) >= 11 is 6.38. The van der Waals surface area contributed by atoms with Gasteiger partial charge in [0.2, 0.25) is 0 Å². The molecule has 2 rings (SSSR count). The smallest absolute Gasteiger partial charge is 0.258 e. The largest absolute Gasteiger partial charge is 0.490 e. The van der Waals surface area contributed by atoms with Crippen molar-refractivity contribution in [3.05, 3.63) is 52.0 Å². The molecule has 2 aromatic rings. The average Bonchev–Trinajstić information content (AvgIpc) is 2.62. The monoisotopic (exact) mass is 375 g/mol. The van der Waals surface area contributed by atoms with E-state index in [1.807, 2.05) is 45.9 Å². The van der Waals surface area contributed by atoms with E-state index in [0.717, 1.165) is 23.2 Å². The molecule has 0 saturated heterocycles. The topological polar surface area (TPSA) is 38.8 Å². The van der Waals surface area contributed by atoms with Crippen molar-refractivity contribution in [2.75, 3.05) is 25.2 Å². The minimum atomic E-state index is -0.149. The predicted octanol–water partition coefficient (Wildman–Crippen LogP) is 5.42. The minimum absolute atomic E-state index is 0.149. The van der Waals surface area contributed by atoms with Gasteiger partial charge in [0.1, 0.15) is 0 Å². The van der Waals surface area contributed by atoms with Gasteiger partial charge in [0, 0.05) is 18.3 Å².